The maximum atomic E-state index is 13.6. The predicted molar refractivity (Wildman–Crippen MR) is 100 cm³/mol. The zero-order chi connectivity index (χ0) is 20.8. The normalized spacial score (nSPS) is 10.3. The Kier molecular flexibility index (Phi) is 6.13. The molecular formula is C21H15F3N2O3. The van der Waals surface area contributed by atoms with Crippen LogP contribution in [0.1, 0.15) is 15.9 Å². The van der Waals surface area contributed by atoms with Gasteiger partial charge in [0.1, 0.15) is 35.4 Å². The molecule has 3 aromatic rings. The number of anilines is 1. The van der Waals surface area contributed by atoms with Crippen molar-refractivity contribution in [1.82, 2.24) is 5.32 Å². The molecule has 0 fully saturated rings. The summed E-state index contributed by atoms with van der Waals surface area (Å²) in [5.41, 5.74) is -0.143. The molecular weight excluding hydrogens is 385 g/mol. The second kappa shape index (κ2) is 8.92. The van der Waals surface area contributed by atoms with E-state index in [1.165, 1.54) is 30.3 Å². The lowest BCUT2D eigenvalue weighted by Gasteiger charge is -2.10. The molecule has 0 saturated carbocycles. The third kappa shape index (κ3) is 5.13. The summed E-state index contributed by atoms with van der Waals surface area (Å²) in [6.07, 6.45) is 0. The Morgan fingerprint density at radius 3 is 2.07 bits per heavy atom. The number of hydrogen-bond acceptors (Lipinski definition) is 3. The summed E-state index contributed by atoms with van der Waals surface area (Å²) in [6, 6.07) is 14.2. The number of carbonyl (C=O) groups excluding carboxylic acids is 2. The van der Waals surface area contributed by atoms with Gasteiger partial charge in [-0.25, -0.2) is 18.0 Å². The average Bonchev–Trinajstić information content (AvgIpc) is 2.68. The number of nitrogens with one attached hydrogen (secondary N) is 2. The lowest BCUT2D eigenvalue weighted by Crippen LogP contribution is -2.35. The van der Waals surface area contributed by atoms with E-state index in [1.54, 1.807) is 18.2 Å². The van der Waals surface area contributed by atoms with Gasteiger partial charge in [-0.15, -0.1) is 0 Å². The fourth-order valence-corrected chi connectivity index (χ4v) is 2.45. The van der Waals surface area contributed by atoms with Crippen molar-refractivity contribution < 1.29 is 27.5 Å². The van der Waals surface area contributed by atoms with Gasteiger partial charge in [0.2, 0.25) is 0 Å². The Labute approximate surface area is 164 Å². The molecule has 0 saturated heterocycles. The lowest BCUT2D eigenvalue weighted by molar-refractivity contribution is 0.0959. The van der Waals surface area contributed by atoms with Crippen LogP contribution in [0.3, 0.4) is 0 Å². The second-order valence-corrected chi connectivity index (χ2v) is 5.91. The minimum Gasteiger partial charge on any atom is -0.489 e. The smallest absolute Gasteiger partial charge is 0.326 e. The first-order chi connectivity index (χ1) is 13.9. The molecule has 2 N–H and O–H groups in total. The highest BCUT2D eigenvalue weighted by molar-refractivity contribution is 6.08. The molecule has 0 atom stereocenters. The highest BCUT2D eigenvalue weighted by Gasteiger charge is 2.19. The first-order valence-corrected chi connectivity index (χ1v) is 8.46. The summed E-state index contributed by atoms with van der Waals surface area (Å²) in [4.78, 5) is 23.8. The molecule has 5 nitrogen and oxygen atoms in total. The molecule has 0 spiro atoms. The molecule has 3 aromatic carbocycles. The topological polar surface area (TPSA) is 67.4 Å². The fourth-order valence-electron chi connectivity index (χ4n) is 2.45. The molecule has 0 bridgehead atoms. The fraction of sp³-hybridized carbons (Fsp3) is 0.0476. The first-order valence-electron chi connectivity index (χ1n) is 8.46. The molecule has 3 amide bonds. The molecule has 0 aliphatic rings. The summed E-state index contributed by atoms with van der Waals surface area (Å²) in [5, 5.41) is 4.21. The van der Waals surface area contributed by atoms with E-state index < -0.39 is 29.1 Å². The van der Waals surface area contributed by atoms with Crippen LogP contribution in [0.25, 0.3) is 0 Å². The highest BCUT2D eigenvalue weighted by Crippen LogP contribution is 2.18. The van der Waals surface area contributed by atoms with Gasteiger partial charge in [-0.1, -0.05) is 24.3 Å². The number of imide groups is 1. The van der Waals surface area contributed by atoms with Crippen molar-refractivity contribution in [3.63, 3.8) is 0 Å². The van der Waals surface area contributed by atoms with Crippen LogP contribution in [0.2, 0.25) is 0 Å². The lowest BCUT2D eigenvalue weighted by atomic mass is 10.2. The van der Waals surface area contributed by atoms with Gasteiger partial charge in [0.25, 0.3) is 5.91 Å². The van der Waals surface area contributed by atoms with Gasteiger partial charge < -0.3 is 10.1 Å². The van der Waals surface area contributed by atoms with Gasteiger partial charge in [0.15, 0.2) is 0 Å². The monoisotopic (exact) mass is 400 g/mol. The Morgan fingerprint density at radius 1 is 0.793 bits per heavy atom. The van der Waals surface area contributed by atoms with Gasteiger partial charge in [-0.05, 0) is 42.5 Å². The van der Waals surface area contributed by atoms with Crippen molar-refractivity contribution in [1.29, 1.82) is 0 Å². The van der Waals surface area contributed by atoms with Crippen molar-refractivity contribution >= 4 is 17.6 Å². The Hall–Kier alpha value is -3.81. The molecule has 0 aliphatic carbocycles. The van der Waals surface area contributed by atoms with E-state index >= 15 is 0 Å². The number of amides is 3. The average molecular weight is 400 g/mol. The summed E-state index contributed by atoms with van der Waals surface area (Å²) in [7, 11) is 0. The minimum atomic E-state index is -1.21. The molecule has 0 heterocycles. The van der Waals surface area contributed by atoms with E-state index in [1.807, 2.05) is 5.32 Å². The quantitative estimate of drug-likeness (QED) is 0.656. The van der Waals surface area contributed by atoms with Crippen molar-refractivity contribution in [2.24, 2.45) is 0 Å². The highest BCUT2D eigenvalue weighted by atomic mass is 19.1. The van der Waals surface area contributed by atoms with E-state index in [0.717, 1.165) is 18.2 Å². The predicted octanol–water partition coefficient (Wildman–Crippen LogP) is 4.64. The molecule has 0 radical (unpaired) electrons. The van der Waals surface area contributed by atoms with Crippen LogP contribution in [0.4, 0.5) is 23.7 Å². The SMILES string of the molecule is O=C(NC(=O)c1c(F)cccc1F)Nc1ccc(OCc2ccccc2F)cc1. The summed E-state index contributed by atoms with van der Waals surface area (Å²) < 4.78 is 46.2. The second-order valence-electron chi connectivity index (χ2n) is 5.91. The molecule has 0 aliphatic heterocycles. The summed E-state index contributed by atoms with van der Waals surface area (Å²) >= 11 is 0. The Morgan fingerprint density at radius 2 is 1.41 bits per heavy atom. The summed E-state index contributed by atoms with van der Waals surface area (Å²) in [5.74, 6) is -3.30. The van der Waals surface area contributed by atoms with E-state index in [4.69, 9.17) is 4.74 Å². The zero-order valence-electron chi connectivity index (χ0n) is 14.9. The van der Waals surface area contributed by atoms with Crippen molar-refractivity contribution in [2.75, 3.05) is 5.32 Å². The number of benzene rings is 3. The number of urea groups is 1. The van der Waals surface area contributed by atoms with Crippen LogP contribution in [-0.2, 0) is 6.61 Å². The van der Waals surface area contributed by atoms with E-state index in [0.29, 0.717) is 17.0 Å². The van der Waals surface area contributed by atoms with Crippen molar-refractivity contribution in [2.45, 2.75) is 6.61 Å². The third-order valence-corrected chi connectivity index (χ3v) is 3.88. The van der Waals surface area contributed by atoms with Crippen molar-refractivity contribution in [3.8, 4) is 5.75 Å². The van der Waals surface area contributed by atoms with E-state index in [9.17, 15) is 22.8 Å². The van der Waals surface area contributed by atoms with Crippen LogP contribution in [0.5, 0.6) is 5.75 Å². The van der Waals surface area contributed by atoms with Crippen molar-refractivity contribution in [3.05, 3.63) is 95.3 Å². The number of hydrogen-bond donors (Lipinski definition) is 2. The van der Waals surface area contributed by atoms with Crippen LogP contribution in [-0.4, -0.2) is 11.9 Å². The number of carbonyl (C=O) groups is 2. The zero-order valence-corrected chi connectivity index (χ0v) is 14.9. The molecule has 0 unspecified atom stereocenters. The Balaban J connectivity index is 1.56. The molecule has 8 heteroatoms. The molecule has 148 valence electrons. The third-order valence-electron chi connectivity index (χ3n) is 3.88. The van der Waals surface area contributed by atoms with E-state index in [2.05, 4.69) is 5.32 Å². The number of ether oxygens (including phenoxy) is 1. The number of halogens is 3. The summed E-state index contributed by atoms with van der Waals surface area (Å²) in [6.45, 7) is 0.0304. The molecule has 0 aromatic heterocycles. The van der Waals surface area contributed by atoms with Gasteiger partial charge in [-0.3, -0.25) is 10.1 Å². The Bertz CT molecular complexity index is 1020. The maximum Gasteiger partial charge on any atom is 0.326 e. The van der Waals surface area contributed by atoms with Crippen LogP contribution in [0, 0.1) is 17.5 Å². The van der Waals surface area contributed by atoms with Crippen LogP contribution in [0.15, 0.2) is 66.7 Å². The van der Waals surface area contributed by atoms with Gasteiger partial charge >= 0.3 is 6.03 Å². The van der Waals surface area contributed by atoms with E-state index in [-0.39, 0.29) is 12.4 Å². The maximum absolute atomic E-state index is 13.6. The van der Waals surface area contributed by atoms with Gasteiger partial charge in [-0.2, -0.15) is 0 Å². The van der Waals surface area contributed by atoms with Gasteiger partial charge in [0.05, 0.1) is 0 Å². The largest absolute Gasteiger partial charge is 0.489 e. The number of rotatable bonds is 5. The molecule has 3 rings (SSSR count). The minimum absolute atomic E-state index is 0.0304. The van der Waals surface area contributed by atoms with Crippen LogP contribution < -0.4 is 15.4 Å². The molecule has 29 heavy (non-hydrogen) atoms. The van der Waals surface area contributed by atoms with Gasteiger partial charge in [0, 0.05) is 11.3 Å². The first kappa shape index (κ1) is 19.9. The standard InChI is InChI=1S/C21H15F3N2O3/c22-16-5-2-1-4-13(16)12-29-15-10-8-14(9-11-15)25-21(28)26-20(27)19-17(23)6-3-7-18(19)24/h1-11H,12H2,(H2,25,26,27,28). The van der Waals surface area contributed by atoms with Crippen LogP contribution >= 0.6 is 0 Å².